The van der Waals surface area contributed by atoms with Gasteiger partial charge in [-0.05, 0) is 64.3 Å². The van der Waals surface area contributed by atoms with E-state index in [0.717, 1.165) is 11.5 Å². The minimum absolute atomic E-state index is 0.116. The molecule has 1 heterocycles. The molecule has 1 atom stereocenters. The molecule has 0 amide bonds. The third-order valence-corrected chi connectivity index (χ3v) is 4.94. The van der Waals surface area contributed by atoms with Crippen molar-refractivity contribution in [1.29, 1.82) is 0 Å². The Kier molecular flexibility index (Phi) is 13.0. The van der Waals surface area contributed by atoms with Crippen LogP contribution in [0.25, 0.3) is 0 Å². The summed E-state index contributed by atoms with van der Waals surface area (Å²) in [4.78, 5) is 11.0. The summed E-state index contributed by atoms with van der Waals surface area (Å²) in [5.41, 5.74) is 6.08. The van der Waals surface area contributed by atoms with Gasteiger partial charge in [-0.3, -0.25) is 0 Å². The molecule has 0 spiro atoms. The van der Waals surface area contributed by atoms with E-state index in [0.29, 0.717) is 5.95 Å². The number of hydrogen-bond donors (Lipinski definition) is 1. The highest BCUT2D eigenvalue weighted by Gasteiger charge is 2.12. The van der Waals surface area contributed by atoms with Crippen LogP contribution in [0.4, 0.5) is 17.5 Å². The third-order valence-electron chi connectivity index (χ3n) is 4.94. The molecule has 0 saturated heterocycles. The maximum atomic E-state index is 4.68. The monoisotopic (exact) mass is 458 g/mol. The van der Waals surface area contributed by atoms with Crippen LogP contribution in [0.5, 0.6) is 0 Å². The number of rotatable bonds is 7. The van der Waals surface area contributed by atoms with Gasteiger partial charge in [-0.25, -0.2) is 4.98 Å². The summed E-state index contributed by atoms with van der Waals surface area (Å²) in [7, 11) is 0. The molecule has 0 aliphatic carbocycles. The van der Waals surface area contributed by atoms with Gasteiger partial charge in [-0.15, -0.1) is 0 Å². The molecule has 0 radical (unpaired) electrons. The third kappa shape index (κ3) is 9.22. The summed E-state index contributed by atoms with van der Waals surface area (Å²) >= 11 is 0. The number of hydrogen-bond acceptors (Lipinski definition) is 4. The van der Waals surface area contributed by atoms with E-state index in [-0.39, 0.29) is 6.04 Å². The first kappa shape index (κ1) is 28.6. The molecule has 0 saturated carbocycles. The lowest BCUT2D eigenvalue weighted by Gasteiger charge is -2.22. The SMILES string of the molecule is C=CN(c1ccnc(N[C@@H](C)c2ccccc2)n1)c1ccc(C)cc1C.CC.CCC=C(C)C. The van der Waals surface area contributed by atoms with Crippen LogP contribution in [0.2, 0.25) is 0 Å². The van der Waals surface area contributed by atoms with Gasteiger partial charge in [0.25, 0.3) is 0 Å². The summed E-state index contributed by atoms with van der Waals surface area (Å²) in [6.45, 7) is 20.6. The smallest absolute Gasteiger partial charge is 0.225 e. The zero-order valence-electron chi connectivity index (χ0n) is 22.3. The van der Waals surface area contributed by atoms with Gasteiger partial charge in [0, 0.05) is 18.1 Å². The number of aromatic nitrogens is 2. The first-order valence-electron chi connectivity index (χ1n) is 12.1. The van der Waals surface area contributed by atoms with E-state index < -0.39 is 0 Å². The molecule has 4 heteroatoms. The van der Waals surface area contributed by atoms with Gasteiger partial charge < -0.3 is 10.2 Å². The Bertz CT molecular complexity index is 1020. The fourth-order valence-electron chi connectivity index (χ4n) is 3.37. The van der Waals surface area contributed by atoms with Crippen molar-refractivity contribution in [3.63, 3.8) is 0 Å². The molecule has 3 rings (SSSR count). The Morgan fingerprint density at radius 2 is 1.74 bits per heavy atom. The van der Waals surface area contributed by atoms with Crippen LogP contribution in [0, 0.1) is 13.8 Å². The highest BCUT2D eigenvalue weighted by Crippen LogP contribution is 2.28. The topological polar surface area (TPSA) is 41.1 Å². The Hall–Kier alpha value is -3.40. The molecule has 0 unspecified atom stereocenters. The van der Waals surface area contributed by atoms with Crippen LogP contribution in [-0.2, 0) is 0 Å². The van der Waals surface area contributed by atoms with E-state index in [2.05, 4.69) is 99.8 Å². The minimum Gasteiger partial charge on any atom is -0.348 e. The first-order chi connectivity index (χ1) is 16.3. The van der Waals surface area contributed by atoms with Crippen LogP contribution >= 0.6 is 0 Å². The van der Waals surface area contributed by atoms with Gasteiger partial charge in [0.05, 0.1) is 6.04 Å². The van der Waals surface area contributed by atoms with E-state index in [4.69, 9.17) is 0 Å². The summed E-state index contributed by atoms with van der Waals surface area (Å²) in [5.74, 6) is 1.38. The summed E-state index contributed by atoms with van der Waals surface area (Å²) < 4.78 is 0. The fourth-order valence-corrected chi connectivity index (χ4v) is 3.37. The van der Waals surface area contributed by atoms with E-state index in [9.17, 15) is 0 Å². The number of nitrogens with one attached hydrogen (secondary N) is 1. The molecule has 4 nitrogen and oxygen atoms in total. The average Bonchev–Trinajstić information content (AvgIpc) is 2.83. The summed E-state index contributed by atoms with van der Waals surface area (Å²) in [5, 5.41) is 3.37. The molecular weight excluding hydrogens is 416 g/mol. The zero-order valence-corrected chi connectivity index (χ0v) is 22.3. The number of allylic oxidation sites excluding steroid dienone is 2. The predicted octanol–water partition coefficient (Wildman–Crippen LogP) is 8.94. The van der Waals surface area contributed by atoms with Crippen molar-refractivity contribution in [2.24, 2.45) is 0 Å². The standard InChI is InChI=1S/C22H24N4.C6H12.C2H6/c1-5-26(20-12-11-16(2)15-17(20)3)21-13-14-23-22(25-21)24-18(4)19-9-7-6-8-10-19;1-4-5-6(2)3;1-2/h5-15,18H,1H2,2-4H3,(H,23,24,25);5H,4H2,1-3H3;1-2H3/t18-;;/m0../s1. The lowest BCUT2D eigenvalue weighted by Crippen LogP contribution is -2.14. The normalized spacial score (nSPS) is 10.5. The van der Waals surface area contributed by atoms with Crippen molar-refractivity contribution < 1.29 is 0 Å². The van der Waals surface area contributed by atoms with E-state index >= 15 is 0 Å². The Labute approximate surface area is 207 Å². The number of aryl methyl sites for hydroxylation is 2. The van der Waals surface area contributed by atoms with Crippen molar-refractivity contribution in [1.82, 2.24) is 9.97 Å². The Morgan fingerprint density at radius 3 is 2.26 bits per heavy atom. The molecule has 0 fully saturated rings. The van der Waals surface area contributed by atoms with Crippen molar-refractivity contribution >= 4 is 17.5 Å². The first-order valence-corrected chi connectivity index (χ1v) is 12.1. The molecule has 34 heavy (non-hydrogen) atoms. The van der Waals surface area contributed by atoms with Crippen molar-refractivity contribution in [2.45, 2.75) is 67.9 Å². The van der Waals surface area contributed by atoms with E-state index in [1.165, 1.54) is 28.7 Å². The van der Waals surface area contributed by atoms with Gasteiger partial charge in [-0.1, -0.05) is 87.0 Å². The van der Waals surface area contributed by atoms with Gasteiger partial charge in [0.15, 0.2) is 0 Å². The molecule has 3 aromatic rings. The van der Waals surface area contributed by atoms with Crippen LogP contribution in [0.15, 0.2) is 85.2 Å². The molecule has 1 aromatic heterocycles. The van der Waals surface area contributed by atoms with Gasteiger partial charge >= 0.3 is 0 Å². The maximum absolute atomic E-state index is 4.68. The molecule has 182 valence electrons. The highest BCUT2D eigenvalue weighted by atomic mass is 15.2. The molecule has 2 aromatic carbocycles. The predicted molar refractivity (Wildman–Crippen MR) is 150 cm³/mol. The molecule has 0 aliphatic rings. The van der Waals surface area contributed by atoms with Gasteiger partial charge in [-0.2, -0.15) is 4.98 Å². The van der Waals surface area contributed by atoms with Crippen LogP contribution < -0.4 is 10.2 Å². The lowest BCUT2D eigenvalue weighted by molar-refractivity contribution is 0.859. The number of anilines is 3. The second-order valence-electron chi connectivity index (χ2n) is 8.05. The quantitative estimate of drug-likeness (QED) is 0.359. The summed E-state index contributed by atoms with van der Waals surface area (Å²) in [6.07, 6.45) is 6.93. The Morgan fingerprint density at radius 1 is 1.06 bits per heavy atom. The van der Waals surface area contributed by atoms with Crippen molar-refractivity contribution in [2.75, 3.05) is 10.2 Å². The van der Waals surface area contributed by atoms with E-state index in [1.54, 1.807) is 12.4 Å². The zero-order chi connectivity index (χ0) is 25.5. The van der Waals surface area contributed by atoms with Crippen LogP contribution in [0.3, 0.4) is 0 Å². The number of benzene rings is 2. The maximum Gasteiger partial charge on any atom is 0.225 e. The molecule has 1 N–H and O–H groups in total. The minimum atomic E-state index is 0.116. The van der Waals surface area contributed by atoms with Gasteiger partial charge in [0.1, 0.15) is 5.82 Å². The molecule has 0 bridgehead atoms. The number of nitrogens with zero attached hydrogens (tertiary/aromatic N) is 3. The van der Waals surface area contributed by atoms with E-state index in [1.807, 2.05) is 43.0 Å². The van der Waals surface area contributed by atoms with Crippen LogP contribution in [0.1, 0.15) is 70.7 Å². The lowest BCUT2D eigenvalue weighted by atomic mass is 10.1. The largest absolute Gasteiger partial charge is 0.348 e. The second kappa shape index (κ2) is 15.4. The average molecular weight is 459 g/mol. The second-order valence-corrected chi connectivity index (χ2v) is 8.05. The van der Waals surface area contributed by atoms with Crippen LogP contribution in [-0.4, -0.2) is 9.97 Å². The molecular formula is C30H42N4. The van der Waals surface area contributed by atoms with Gasteiger partial charge in [0.2, 0.25) is 5.95 Å². The van der Waals surface area contributed by atoms with Crippen molar-refractivity contribution in [3.8, 4) is 0 Å². The Balaban J connectivity index is 0.000000631. The molecule has 0 aliphatic heterocycles. The van der Waals surface area contributed by atoms with Crippen molar-refractivity contribution in [3.05, 3.63) is 102 Å². The highest BCUT2D eigenvalue weighted by molar-refractivity contribution is 5.67. The summed E-state index contributed by atoms with van der Waals surface area (Å²) in [6, 6.07) is 18.6. The fraction of sp³-hybridized carbons (Fsp3) is 0.333.